The van der Waals surface area contributed by atoms with E-state index >= 15 is 0 Å². The van der Waals surface area contributed by atoms with Crippen molar-refractivity contribution >= 4 is 11.9 Å². The summed E-state index contributed by atoms with van der Waals surface area (Å²) in [5, 5.41) is 0. The highest BCUT2D eigenvalue weighted by atomic mass is 16.5. The highest BCUT2D eigenvalue weighted by molar-refractivity contribution is 5.64. The summed E-state index contributed by atoms with van der Waals surface area (Å²) in [6.07, 6.45) is 2.72. The number of benzene rings is 1. The fourth-order valence-electron chi connectivity index (χ4n) is 1.42. The molecule has 3 nitrogen and oxygen atoms in total. The molecule has 0 aliphatic heterocycles. The molecule has 3 heteroatoms. The fourth-order valence-corrected chi connectivity index (χ4v) is 1.42. The zero-order chi connectivity index (χ0) is 13.5. The van der Waals surface area contributed by atoms with E-state index in [-0.39, 0.29) is 6.04 Å². The highest BCUT2D eigenvalue weighted by Gasteiger charge is 2.10. The van der Waals surface area contributed by atoms with Crippen LogP contribution in [-0.4, -0.2) is 37.9 Å². The lowest BCUT2D eigenvalue weighted by Crippen LogP contribution is -2.34. The van der Waals surface area contributed by atoms with Crippen molar-refractivity contribution in [2.24, 2.45) is 0 Å². The molecule has 1 radical (unpaired) electrons. The van der Waals surface area contributed by atoms with Crippen molar-refractivity contribution in [3.05, 3.63) is 42.8 Å². The SMILES string of the molecule is [CH2]C=C(C)c1ccc(OCC(C=O)N(C)C)cc1. The second kappa shape index (κ2) is 6.97. The third kappa shape index (κ3) is 4.00. The summed E-state index contributed by atoms with van der Waals surface area (Å²) in [7, 11) is 3.71. The van der Waals surface area contributed by atoms with Crippen LogP contribution < -0.4 is 4.74 Å². The van der Waals surface area contributed by atoms with Crippen molar-refractivity contribution < 1.29 is 9.53 Å². The molecule has 1 aromatic carbocycles. The molecular formula is C15H20NO2. The molecule has 1 atom stereocenters. The second-order valence-electron chi connectivity index (χ2n) is 4.39. The maximum absolute atomic E-state index is 10.8. The van der Waals surface area contributed by atoms with Crippen LogP contribution in [0.5, 0.6) is 5.75 Å². The second-order valence-corrected chi connectivity index (χ2v) is 4.39. The molecule has 0 N–H and O–H groups in total. The minimum Gasteiger partial charge on any atom is -0.491 e. The van der Waals surface area contributed by atoms with Gasteiger partial charge in [-0.15, -0.1) is 0 Å². The molecular weight excluding hydrogens is 226 g/mol. The molecule has 0 aliphatic rings. The number of aldehydes is 1. The zero-order valence-electron chi connectivity index (χ0n) is 11.2. The molecule has 0 fully saturated rings. The van der Waals surface area contributed by atoms with Gasteiger partial charge in [-0.2, -0.15) is 0 Å². The first-order chi connectivity index (χ1) is 8.58. The largest absolute Gasteiger partial charge is 0.491 e. The number of hydrogen-bond donors (Lipinski definition) is 0. The topological polar surface area (TPSA) is 29.5 Å². The molecule has 0 aliphatic carbocycles. The molecule has 0 heterocycles. The number of rotatable bonds is 6. The van der Waals surface area contributed by atoms with Crippen molar-refractivity contribution in [3.63, 3.8) is 0 Å². The highest BCUT2D eigenvalue weighted by Crippen LogP contribution is 2.18. The summed E-state index contributed by atoms with van der Waals surface area (Å²) in [6.45, 7) is 6.11. The summed E-state index contributed by atoms with van der Waals surface area (Å²) in [6, 6.07) is 7.56. The van der Waals surface area contributed by atoms with Gasteiger partial charge >= 0.3 is 0 Å². The van der Waals surface area contributed by atoms with Crippen LogP contribution in [0.25, 0.3) is 5.57 Å². The Bertz CT molecular complexity index is 407. The molecule has 0 aromatic heterocycles. The Balaban J connectivity index is 2.61. The van der Waals surface area contributed by atoms with E-state index in [4.69, 9.17) is 4.74 Å². The maximum Gasteiger partial charge on any atom is 0.140 e. The third-order valence-corrected chi connectivity index (χ3v) is 2.86. The van der Waals surface area contributed by atoms with E-state index < -0.39 is 0 Å². The first-order valence-electron chi connectivity index (χ1n) is 5.89. The number of nitrogens with zero attached hydrogens (tertiary/aromatic N) is 1. The van der Waals surface area contributed by atoms with Gasteiger partial charge in [-0.3, -0.25) is 4.90 Å². The number of ether oxygens (including phenoxy) is 1. The van der Waals surface area contributed by atoms with Gasteiger partial charge in [0.2, 0.25) is 0 Å². The van der Waals surface area contributed by atoms with Crippen molar-refractivity contribution in [2.45, 2.75) is 13.0 Å². The Morgan fingerprint density at radius 3 is 2.44 bits per heavy atom. The van der Waals surface area contributed by atoms with Crippen LogP contribution in [0.15, 0.2) is 30.3 Å². The van der Waals surface area contributed by atoms with Gasteiger partial charge in [-0.1, -0.05) is 18.2 Å². The summed E-state index contributed by atoms with van der Waals surface area (Å²) in [5.74, 6) is 0.768. The summed E-state index contributed by atoms with van der Waals surface area (Å²) in [4.78, 5) is 12.6. The van der Waals surface area contributed by atoms with E-state index in [0.29, 0.717) is 6.61 Å². The van der Waals surface area contributed by atoms with Crippen molar-refractivity contribution in [2.75, 3.05) is 20.7 Å². The van der Waals surface area contributed by atoms with E-state index in [9.17, 15) is 4.79 Å². The van der Waals surface area contributed by atoms with E-state index in [1.54, 1.807) is 0 Å². The van der Waals surface area contributed by atoms with Gasteiger partial charge in [0, 0.05) is 0 Å². The zero-order valence-corrected chi connectivity index (χ0v) is 11.2. The summed E-state index contributed by atoms with van der Waals surface area (Å²) >= 11 is 0. The standard InChI is InChI=1S/C15H20NO2/c1-5-12(2)13-6-8-15(9-7-13)18-11-14(10-17)16(3)4/h5-10,14H,1,11H2,2-4H3. The van der Waals surface area contributed by atoms with Crippen molar-refractivity contribution in [1.82, 2.24) is 4.90 Å². The van der Waals surface area contributed by atoms with Crippen molar-refractivity contribution in [1.29, 1.82) is 0 Å². The van der Waals surface area contributed by atoms with Crippen LogP contribution in [0, 0.1) is 6.92 Å². The number of hydrogen-bond acceptors (Lipinski definition) is 3. The maximum atomic E-state index is 10.8. The molecule has 0 amide bonds. The summed E-state index contributed by atoms with van der Waals surface area (Å²) in [5.41, 5.74) is 2.25. The minimum atomic E-state index is -0.217. The Morgan fingerprint density at radius 2 is 2.00 bits per heavy atom. The fraction of sp³-hybridized carbons (Fsp3) is 0.333. The number of carbonyl (C=O) groups excluding carboxylic acids is 1. The lowest BCUT2D eigenvalue weighted by molar-refractivity contribution is -0.112. The lowest BCUT2D eigenvalue weighted by Gasteiger charge is -2.18. The van der Waals surface area contributed by atoms with E-state index in [2.05, 4.69) is 6.92 Å². The van der Waals surface area contributed by atoms with E-state index in [1.165, 1.54) is 0 Å². The Labute approximate surface area is 109 Å². The summed E-state index contributed by atoms with van der Waals surface area (Å²) < 4.78 is 5.58. The van der Waals surface area contributed by atoms with Crippen LogP contribution in [0.1, 0.15) is 12.5 Å². The van der Waals surface area contributed by atoms with Crippen molar-refractivity contribution in [3.8, 4) is 5.75 Å². The predicted molar refractivity (Wildman–Crippen MR) is 74.5 cm³/mol. The van der Waals surface area contributed by atoms with Gasteiger partial charge < -0.3 is 9.53 Å². The molecule has 0 saturated carbocycles. The van der Waals surface area contributed by atoms with Crippen LogP contribution in [0.4, 0.5) is 0 Å². The molecule has 0 spiro atoms. The lowest BCUT2D eigenvalue weighted by atomic mass is 10.1. The van der Waals surface area contributed by atoms with Crippen LogP contribution in [0.3, 0.4) is 0 Å². The Kier molecular flexibility index (Phi) is 5.59. The first-order valence-corrected chi connectivity index (χ1v) is 5.89. The van der Waals surface area contributed by atoms with Gasteiger partial charge in [0.15, 0.2) is 0 Å². The molecule has 0 saturated heterocycles. The first kappa shape index (κ1) is 14.5. The Morgan fingerprint density at radius 1 is 1.39 bits per heavy atom. The predicted octanol–water partition coefficient (Wildman–Crippen LogP) is 2.43. The number of allylic oxidation sites excluding steroid dienone is 2. The molecule has 1 rings (SSSR count). The van der Waals surface area contributed by atoms with Crippen LogP contribution >= 0.6 is 0 Å². The monoisotopic (exact) mass is 246 g/mol. The average Bonchev–Trinajstić information content (AvgIpc) is 2.39. The van der Waals surface area contributed by atoms with Crippen LogP contribution in [-0.2, 0) is 4.79 Å². The smallest absolute Gasteiger partial charge is 0.140 e. The number of likely N-dealkylation sites (N-methyl/N-ethyl adjacent to an activating group) is 1. The minimum absolute atomic E-state index is 0.217. The van der Waals surface area contributed by atoms with Gasteiger partial charge in [-0.05, 0) is 51.2 Å². The van der Waals surface area contributed by atoms with Gasteiger partial charge in [-0.25, -0.2) is 0 Å². The molecule has 1 unspecified atom stereocenters. The average molecular weight is 246 g/mol. The van der Waals surface area contributed by atoms with Gasteiger partial charge in [0.05, 0.1) is 6.04 Å². The number of carbonyl (C=O) groups is 1. The molecule has 18 heavy (non-hydrogen) atoms. The van der Waals surface area contributed by atoms with Gasteiger partial charge in [0.25, 0.3) is 0 Å². The third-order valence-electron chi connectivity index (χ3n) is 2.86. The van der Waals surface area contributed by atoms with Gasteiger partial charge in [0.1, 0.15) is 18.6 Å². The quantitative estimate of drug-likeness (QED) is 0.722. The molecule has 0 bridgehead atoms. The van der Waals surface area contributed by atoms with E-state index in [0.717, 1.165) is 23.2 Å². The molecule has 97 valence electrons. The molecule has 1 aromatic rings. The van der Waals surface area contributed by atoms with E-state index in [1.807, 2.05) is 56.3 Å². The van der Waals surface area contributed by atoms with Crippen LogP contribution in [0.2, 0.25) is 0 Å². The Hall–Kier alpha value is -1.61. The normalized spacial score (nSPS) is 13.5.